The summed E-state index contributed by atoms with van der Waals surface area (Å²) in [6, 6.07) is 8.53. The molecular formula is C17H30N2O+2. The van der Waals surface area contributed by atoms with Gasteiger partial charge in [-0.3, -0.25) is 0 Å². The molecule has 2 N–H and O–H groups in total. The van der Waals surface area contributed by atoms with Gasteiger partial charge in [0.1, 0.15) is 45.1 Å². The minimum Gasteiger partial charge on any atom is -0.488 e. The van der Waals surface area contributed by atoms with Crippen molar-refractivity contribution in [3.63, 3.8) is 0 Å². The molecule has 1 heterocycles. The van der Waals surface area contributed by atoms with Crippen LogP contribution in [0.1, 0.15) is 26.3 Å². The van der Waals surface area contributed by atoms with E-state index in [1.807, 2.05) is 0 Å². The highest BCUT2D eigenvalue weighted by Gasteiger charge is 2.19. The first-order chi connectivity index (χ1) is 9.45. The van der Waals surface area contributed by atoms with E-state index in [2.05, 4.69) is 52.1 Å². The predicted molar refractivity (Wildman–Crippen MR) is 82.8 cm³/mol. The van der Waals surface area contributed by atoms with Crippen molar-refractivity contribution in [2.75, 3.05) is 46.4 Å². The van der Waals surface area contributed by atoms with Crippen LogP contribution in [0.3, 0.4) is 0 Å². The summed E-state index contributed by atoms with van der Waals surface area (Å²) >= 11 is 0. The predicted octanol–water partition coefficient (Wildman–Crippen LogP) is -0.224. The average Bonchev–Trinajstić information content (AvgIpc) is 2.40. The normalized spacial score (nSPS) is 23.6. The second-order valence-electron chi connectivity index (χ2n) is 7.08. The summed E-state index contributed by atoms with van der Waals surface area (Å²) in [6.07, 6.45) is 0. The maximum absolute atomic E-state index is 5.94. The molecule has 0 bridgehead atoms. The number of hydrogen-bond donors (Lipinski definition) is 2. The first kappa shape index (κ1) is 15.3. The lowest BCUT2D eigenvalue weighted by molar-refractivity contribution is -1.00. The van der Waals surface area contributed by atoms with Gasteiger partial charge in [0.15, 0.2) is 0 Å². The first-order valence-corrected chi connectivity index (χ1v) is 7.83. The Kier molecular flexibility index (Phi) is 5.06. The number of rotatable bonds is 4. The summed E-state index contributed by atoms with van der Waals surface area (Å²) in [7, 11) is 2.28. The van der Waals surface area contributed by atoms with E-state index < -0.39 is 0 Å². The molecule has 1 aliphatic heterocycles. The van der Waals surface area contributed by atoms with Gasteiger partial charge in [0.05, 0.1) is 7.05 Å². The topological polar surface area (TPSA) is 18.1 Å². The fourth-order valence-corrected chi connectivity index (χ4v) is 2.65. The third-order valence-corrected chi connectivity index (χ3v) is 4.24. The van der Waals surface area contributed by atoms with E-state index in [-0.39, 0.29) is 5.41 Å². The Morgan fingerprint density at radius 3 is 2.45 bits per heavy atom. The molecule has 3 heteroatoms. The van der Waals surface area contributed by atoms with Gasteiger partial charge in [0.25, 0.3) is 0 Å². The second kappa shape index (κ2) is 6.59. The summed E-state index contributed by atoms with van der Waals surface area (Å²) in [5, 5.41) is 0. The van der Waals surface area contributed by atoms with Crippen molar-refractivity contribution in [2.45, 2.75) is 26.2 Å². The van der Waals surface area contributed by atoms with Crippen LogP contribution in [0.2, 0.25) is 0 Å². The van der Waals surface area contributed by atoms with Gasteiger partial charge in [-0.2, -0.15) is 0 Å². The van der Waals surface area contributed by atoms with Gasteiger partial charge in [-0.25, -0.2) is 0 Å². The fraction of sp³-hybridized carbons (Fsp3) is 0.647. The number of likely N-dealkylation sites (N-methyl/N-ethyl adjacent to an activating group) is 1. The lowest BCUT2D eigenvalue weighted by atomic mass is 9.87. The Balaban J connectivity index is 1.79. The van der Waals surface area contributed by atoms with Gasteiger partial charge in [-0.1, -0.05) is 32.9 Å². The molecule has 2 rings (SSSR count). The molecule has 0 amide bonds. The third kappa shape index (κ3) is 4.50. The Bertz CT molecular complexity index is 417. The maximum atomic E-state index is 5.94. The van der Waals surface area contributed by atoms with Crippen LogP contribution in [0.4, 0.5) is 0 Å². The number of ether oxygens (including phenoxy) is 1. The number of benzene rings is 1. The molecule has 0 atom stereocenters. The van der Waals surface area contributed by atoms with E-state index in [0.717, 1.165) is 18.9 Å². The fourth-order valence-electron chi connectivity index (χ4n) is 2.65. The van der Waals surface area contributed by atoms with Crippen molar-refractivity contribution in [3.8, 4) is 5.75 Å². The van der Waals surface area contributed by atoms with Crippen LogP contribution in [0, 0.1) is 0 Å². The van der Waals surface area contributed by atoms with Gasteiger partial charge in [-0.15, -0.1) is 0 Å². The largest absolute Gasteiger partial charge is 0.488 e. The molecule has 20 heavy (non-hydrogen) atoms. The van der Waals surface area contributed by atoms with Crippen LogP contribution in [0.15, 0.2) is 24.3 Å². The van der Waals surface area contributed by atoms with Gasteiger partial charge >= 0.3 is 0 Å². The lowest BCUT2D eigenvalue weighted by Crippen LogP contribution is -3.27. The Morgan fingerprint density at radius 1 is 1.10 bits per heavy atom. The van der Waals surface area contributed by atoms with Crippen LogP contribution >= 0.6 is 0 Å². The Morgan fingerprint density at radius 2 is 1.80 bits per heavy atom. The van der Waals surface area contributed by atoms with E-state index in [4.69, 9.17) is 4.74 Å². The highest BCUT2D eigenvalue weighted by atomic mass is 16.5. The SMILES string of the molecule is C[NH+]1CC[NH+](CCOc2cccc(C(C)(C)C)c2)CC1. The van der Waals surface area contributed by atoms with Crippen LogP contribution in [-0.4, -0.2) is 46.4 Å². The molecule has 112 valence electrons. The molecule has 3 nitrogen and oxygen atoms in total. The zero-order chi connectivity index (χ0) is 14.6. The molecule has 0 spiro atoms. The summed E-state index contributed by atoms with van der Waals surface area (Å²) in [4.78, 5) is 3.34. The molecule has 1 aromatic rings. The monoisotopic (exact) mass is 278 g/mol. The number of hydrogen-bond acceptors (Lipinski definition) is 1. The molecule has 0 aromatic heterocycles. The molecule has 0 radical (unpaired) electrons. The van der Waals surface area contributed by atoms with Gasteiger partial charge in [-0.05, 0) is 23.1 Å². The average molecular weight is 278 g/mol. The first-order valence-electron chi connectivity index (χ1n) is 7.83. The quantitative estimate of drug-likeness (QED) is 0.779. The summed E-state index contributed by atoms with van der Waals surface area (Å²) in [5.41, 5.74) is 1.52. The Hall–Kier alpha value is -1.06. The number of piperazine rings is 1. The van der Waals surface area contributed by atoms with Crippen molar-refractivity contribution in [1.29, 1.82) is 0 Å². The minimum atomic E-state index is 0.185. The van der Waals surface area contributed by atoms with E-state index in [1.165, 1.54) is 31.7 Å². The van der Waals surface area contributed by atoms with E-state index in [1.54, 1.807) is 9.80 Å². The van der Waals surface area contributed by atoms with E-state index >= 15 is 0 Å². The Labute approximate surface area is 123 Å². The molecule has 0 saturated carbocycles. The molecule has 1 fully saturated rings. The van der Waals surface area contributed by atoms with Crippen LogP contribution in [0.5, 0.6) is 5.75 Å². The standard InChI is InChI=1S/C17H28N2O/c1-17(2,3)15-6-5-7-16(14-15)20-13-12-19-10-8-18(4)9-11-19/h5-7,14H,8-13H2,1-4H3/p+2. The molecule has 0 aliphatic carbocycles. The van der Waals surface area contributed by atoms with E-state index in [9.17, 15) is 0 Å². The lowest BCUT2D eigenvalue weighted by Gasteiger charge is -2.27. The van der Waals surface area contributed by atoms with Gasteiger partial charge in [0, 0.05) is 0 Å². The molecular weight excluding hydrogens is 248 g/mol. The highest BCUT2D eigenvalue weighted by Crippen LogP contribution is 2.25. The number of nitrogens with one attached hydrogen (secondary N) is 2. The summed E-state index contributed by atoms with van der Waals surface area (Å²) in [6.45, 7) is 13.8. The van der Waals surface area contributed by atoms with Crippen LogP contribution in [-0.2, 0) is 5.41 Å². The van der Waals surface area contributed by atoms with Crippen molar-refractivity contribution >= 4 is 0 Å². The third-order valence-electron chi connectivity index (χ3n) is 4.24. The highest BCUT2D eigenvalue weighted by molar-refractivity contribution is 5.32. The molecule has 0 unspecified atom stereocenters. The van der Waals surface area contributed by atoms with Crippen molar-refractivity contribution in [3.05, 3.63) is 29.8 Å². The van der Waals surface area contributed by atoms with Gasteiger partial charge in [0.2, 0.25) is 0 Å². The molecule has 1 aliphatic rings. The smallest absolute Gasteiger partial charge is 0.137 e. The minimum absolute atomic E-state index is 0.185. The molecule has 1 saturated heterocycles. The zero-order valence-electron chi connectivity index (χ0n) is 13.5. The second-order valence-corrected chi connectivity index (χ2v) is 7.08. The maximum Gasteiger partial charge on any atom is 0.137 e. The molecule has 1 aromatic carbocycles. The van der Waals surface area contributed by atoms with Crippen LogP contribution < -0.4 is 14.5 Å². The van der Waals surface area contributed by atoms with Gasteiger partial charge < -0.3 is 14.5 Å². The van der Waals surface area contributed by atoms with Crippen molar-refractivity contribution in [1.82, 2.24) is 0 Å². The van der Waals surface area contributed by atoms with Crippen LogP contribution in [0.25, 0.3) is 0 Å². The summed E-state index contributed by atoms with van der Waals surface area (Å²) < 4.78 is 5.94. The van der Waals surface area contributed by atoms with Crippen molar-refractivity contribution < 1.29 is 14.5 Å². The van der Waals surface area contributed by atoms with E-state index in [0.29, 0.717) is 0 Å². The summed E-state index contributed by atoms with van der Waals surface area (Å²) in [5.74, 6) is 1.01. The zero-order valence-corrected chi connectivity index (χ0v) is 13.5. The number of quaternary nitrogens is 2. The van der Waals surface area contributed by atoms with Crippen molar-refractivity contribution in [2.24, 2.45) is 0 Å².